The molecule has 0 saturated heterocycles. The van der Waals surface area contributed by atoms with Crippen LogP contribution in [0.25, 0.3) is 0 Å². The molecule has 0 atom stereocenters. The lowest BCUT2D eigenvalue weighted by Crippen LogP contribution is -2.34. The minimum Gasteiger partial charge on any atom is -0.384 e. The van der Waals surface area contributed by atoms with Gasteiger partial charge in [0, 0.05) is 14.2 Å². The van der Waals surface area contributed by atoms with Gasteiger partial charge in [-0.2, -0.15) is 0 Å². The van der Waals surface area contributed by atoms with E-state index in [2.05, 4.69) is 15.6 Å². The van der Waals surface area contributed by atoms with Crippen LogP contribution in [-0.4, -0.2) is 26.7 Å². The van der Waals surface area contributed by atoms with Gasteiger partial charge in [-0.1, -0.05) is 0 Å². The molecule has 4 heteroatoms. The van der Waals surface area contributed by atoms with Crippen molar-refractivity contribution >= 4 is 5.91 Å². The van der Waals surface area contributed by atoms with Gasteiger partial charge in [0.15, 0.2) is 0 Å². The van der Waals surface area contributed by atoms with Gasteiger partial charge in [-0.25, -0.2) is 5.43 Å². The largest absolute Gasteiger partial charge is 0.384 e. The number of carbonyl (C=O) groups excluding carboxylic acids is 1. The summed E-state index contributed by atoms with van der Waals surface area (Å²) in [6.07, 6.45) is 0.400. The Hall–Kier alpha value is -0.610. The van der Waals surface area contributed by atoms with Crippen LogP contribution in [0.4, 0.5) is 0 Å². The maximum absolute atomic E-state index is 10.5. The fourth-order valence-electron chi connectivity index (χ4n) is 0.397. The average molecular weight is 132 g/mol. The summed E-state index contributed by atoms with van der Waals surface area (Å²) < 4.78 is 4.67. The Labute approximate surface area is 54.5 Å². The molecule has 4 nitrogen and oxygen atoms in total. The van der Waals surface area contributed by atoms with Crippen molar-refractivity contribution in [2.75, 3.05) is 20.8 Å². The zero-order valence-corrected chi connectivity index (χ0v) is 5.73. The first-order chi connectivity index (χ1) is 4.31. The van der Waals surface area contributed by atoms with Gasteiger partial charge in [0.1, 0.15) is 0 Å². The second-order valence-corrected chi connectivity index (χ2v) is 1.54. The van der Waals surface area contributed by atoms with Crippen molar-refractivity contribution in [3.8, 4) is 0 Å². The second-order valence-electron chi connectivity index (χ2n) is 1.54. The Morgan fingerprint density at radius 1 is 1.67 bits per heavy atom. The van der Waals surface area contributed by atoms with Gasteiger partial charge in [-0.05, 0) is 0 Å². The Kier molecular flexibility index (Phi) is 5.15. The van der Waals surface area contributed by atoms with Crippen LogP contribution in [0, 0.1) is 0 Å². The minimum atomic E-state index is -0.0562. The van der Waals surface area contributed by atoms with Crippen LogP contribution in [0.3, 0.4) is 0 Å². The number of methoxy groups -OCH3 is 1. The highest BCUT2D eigenvalue weighted by Crippen LogP contribution is 1.76. The van der Waals surface area contributed by atoms with Crippen molar-refractivity contribution < 1.29 is 9.53 Å². The Balaban J connectivity index is 3.06. The molecule has 54 valence electrons. The third-order valence-electron chi connectivity index (χ3n) is 0.798. The summed E-state index contributed by atoms with van der Waals surface area (Å²) >= 11 is 0. The maximum Gasteiger partial charge on any atom is 0.236 e. The van der Waals surface area contributed by atoms with Gasteiger partial charge in [0.2, 0.25) is 5.91 Å². The molecule has 0 aliphatic heterocycles. The Bertz CT molecular complexity index is 85.0. The molecule has 0 unspecified atom stereocenters. The van der Waals surface area contributed by atoms with Crippen molar-refractivity contribution in [3.05, 3.63) is 0 Å². The number of nitrogens with one attached hydrogen (secondary N) is 2. The highest BCUT2D eigenvalue weighted by molar-refractivity contribution is 5.75. The first kappa shape index (κ1) is 8.39. The first-order valence-electron chi connectivity index (χ1n) is 2.75. The van der Waals surface area contributed by atoms with Crippen LogP contribution in [0.2, 0.25) is 0 Å². The van der Waals surface area contributed by atoms with Crippen LogP contribution in [0.1, 0.15) is 6.42 Å². The standard InChI is InChI=1S/C5H12N2O2/c1-6-7-5(8)3-4-9-2/h6H,3-4H2,1-2H3,(H,7,8). The van der Waals surface area contributed by atoms with Gasteiger partial charge in [0.05, 0.1) is 13.0 Å². The third kappa shape index (κ3) is 5.26. The molecule has 2 N–H and O–H groups in total. The topological polar surface area (TPSA) is 50.4 Å². The molecule has 1 amide bonds. The quantitative estimate of drug-likeness (QED) is 0.496. The van der Waals surface area contributed by atoms with Crippen molar-refractivity contribution in [2.45, 2.75) is 6.42 Å². The molecule has 0 saturated carbocycles. The van der Waals surface area contributed by atoms with Crippen molar-refractivity contribution in [3.63, 3.8) is 0 Å². The molecule has 0 aromatic carbocycles. The van der Waals surface area contributed by atoms with E-state index in [1.54, 1.807) is 14.2 Å². The van der Waals surface area contributed by atoms with E-state index < -0.39 is 0 Å². The lowest BCUT2D eigenvalue weighted by molar-refractivity contribution is -0.122. The van der Waals surface area contributed by atoms with E-state index in [-0.39, 0.29) is 5.91 Å². The summed E-state index contributed by atoms with van der Waals surface area (Å²) in [6, 6.07) is 0. The Morgan fingerprint density at radius 2 is 2.33 bits per heavy atom. The van der Waals surface area contributed by atoms with Crippen LogP contribution in [0.5, 0.6) is 0 Å². The van der Waals surface area contributed by atoms with E-state index in [9.17, 15) is 4.79 Å². The summed E-state index contributed by atoms with van der Waals surface area (Å²) in [5, 5.41) is 0. The molecular formula is C5H12N2O2. The summed E-state index contributed by atoms with van der Waals surface area (Å²) in [5.74, 6) is -0.0562. The van der Waals surface area contributed by atoms with Gasteiger partial charge < -0.3 is 4.74 Å². The number of hydrogen-bond acceptors (Lipinski definition) is 3. The molecular weight excluding hydrogens is 120 g/mol. The van der Waals surface area contributed by atoms with E-state index in [4.69, 9.17) is 0 Å². The van der Waals surface area contributed by atoms with E-state index in [0.717, 1.165) is 0 Å². The maximum atomic E-state index is 10.5. The normalized spacial score (nSPS) is 9.11. The number of hydrazine groups is 1. The number of hydrogen-bond donors (Lipinski definition) is 2. The third-order valence-corrected chi connectivity index (χ3v) is 0.798. The molecule has 0 spiro atoms. The monoisotopic (exact) mass is 132 g/mol. The van der Waals surface area contributed by atoms with Crippen LogP contribution in [-0.2, 0) is 9.53 Å². The molecule has 0 aliphatic carbocycles. The van der Waals surface area contributed by atoms with E-state index in [0.29, 0.717) is 13.0 Å². The smallest absolute Gasteiger partial charge is 0.236 e. The van der Waals surface area contributed by atoms with Gasteiger partial charge in [-0.3, -0.25) is 10.2 Å². The van der Waals surface area contributed by atoms with Crippen molar-refractivity contribution in [2.24, 2.45) is 0 Å². The highest BCUT2D eigenvalue weighted by atomic mass is 16.5. The summed E-state index contributed by atoms with van der Waals surface area (Å²) in [4.78, 5) is 10.5. The highest BCUT2D eigenvalue weighted by Gasteiger charge is 1.95. The number of rotatable bonds is 4. The van der Waals surface area contributed by atoms with Gasteiger partial charge in [0.25, 0.3) is 0 Å². The lowest BCUT2D eigenvalue weighted by atomic mass is 10.4. The fraction of sp³-hybridized carbons (Fsp3) is 0.800. The van der Waals surface area contributed by atoms with Crippen LogP contribution < -0.4 is 10.9 Å². The molecule has 0 radical (unpaired) electrons. The molecule has 0 aromatic rings. The van der Waals surface area contributed by atoms with Crippen molar-refractivity contribution in [1.29, 1.82) is 0 Å². The summed E-state index contributed by atoms with van der Waals surface area (Å²) in [5.41, 5.74) is 4.93. The van der Waals surface area contributed by atoms with Crippen LogP contribution in [0.15, 0.2) is 0 Å². The SMILES string of the molecule is CNNC(=O)CCOC. The second kappa shape index (κ2) is 5.53. The zero-order valence-electron chi connectivity index (χ0n) is 5.73. The predicted octanol–water partition coefficient (Wildman–Crippen LogP) is -0.726. The van der Waals surface area contributed by atoms with Gasteiger partial charge >= 0.3 is 0 Å². The molecule has 9 heavy (non-hydrogen) atoms. The molecule has 0 rings (SSSR count). The molecule has 0 aliphatic rings. The lowest BCUT2D eigenvalue weighted by Gasteiger charge is -2.00. The molecule has 0 aromatic heterocycles. The number of ether oxygens (including phenoxy) is 1. The van der Waals surface area contributed by atoms with E-state index in [1.807, 2.05) is 0 Å². The molecule has 0 fully saturated rings. The molecule has 0 bridgehead atoms. The predicted molar refractivity (Wildman–Crippen MR) is 33.7 cm³/mol. The fourth-order valence-corrected chi connectivity index (χ4v) is 0.397. The molecule has 0 heterocycles. The van der Waals surface area contributed by atoms with Gasteiger partial charge in [-0.15, -0.1) is 0 Å². The Morgan fingerprint density at radius 3 is 2.78 bits per heavy atom. The zero-order chi connectivity index (χ0) is 7.11. The average Bonchev–Trinajstić information content (AvgIpc) is 1.85. The van der Waals surface area contributed by atoms with E-state index in [1.165, 1.54) is 0 Å². The van der Waals surface area contributed by atoms with Crippen LogP contribution >= 0.6 is 0 Å². The number of amides is 1. The van der Waals surface area contributed by atoms with Crippen molar-refractivity contribution in [1.82, 2.24) is 10.9 Å². The van der Waals surface area contributed by atoms with E-state index >= 15 is 0 Å². The minimum absolute atomic E-state index is 0.0562. The summed E-state index contributed by atoms with van der Waals surface area (Å²) in [6.45, 7) is 0.466. The summed E-state index contributed by atoms with van der Waals surface area (Å²) in [7, 11) is 3.21. The first-order valence-corrected chi connectivity index (χ1v) is 2.75. The number of carbonyl (C=O) groups is 1.